The lowest BCUT2D eigenvalue weighted by Gasteiger charge is -2.40. The zero-order valence-corrected chi connectivity index (χ0v) is 39.0. The molecule has 1 amide bonds. The highest BCUT2D eigenvalue weighted by Crippen LogP contribution is 2.23. The van der Waals surface area contributed by atoms with E-state index in [9.17, 15) is 35.4 Å². The van der Waals surface area contributed by atoms with E-state index in [1.54, 1.807) is 6.08 Å². The number of nitrogens with one attached hydrogen (secondary N) is 1. The molecule has 1 aliphatic heterocycles. The van der Waals surface area contributed by atoms with E-state index in [4.69, 9.17) is 9.47 Å². The Hall–Kier alpha value is -1.63. The number of carbonyl (C=O) groups is 1. The molecule has 8 atom stereocenters. The van der Waals surface area contributed by atoms with Crippen LogP contribution in [-0.2, 0) is 14.3 Å². The molecule has 1 aliphatic rings. The summed E-state index contributed by atoms with van der Waals surface area (Å²) in [6.45, 7) is 3.59. The van der Waals surface area contributed by atoms with Crippen LogP contribution in [0.25, 0.3) is 0 Å². The SMILES string of the molecule is CCCCCCCC/C=C/CC/C=C/CC/C=C/C(O)C(COC1OC(CO)C(O)C(O)C1O)NC(=O)C(O)CCCCCCCCCCCCCCCCCCCCCC. The Labute approximate surface area is 373 Å². The van der Waals surface area contributed by atoms with Crippen LogP contribution in [0, 0.1) is 0 Å². The first-order chi connectivity index (χ1) is 29.8. The topological polar surface area (TPSA) is 169 Å². The van der Waals surface area contributed by atoms with Crippen molar-refractivity contribution < 1.29 is 44.9 Å². The molecule has 10 nitrogen and oxygen atoms in total. The van der Waals surface area contributed by atoms with Gasteiger partial charge >= 0.3 is 0 Å². The summed E-state index contributed by atoms with van der Waals surface area (Å²) in [6, 6.07) is -1.00. The molecule has 0 saturated carbocycles. The molecule has 0 radical (unpaired) electrons. The fourth-order valence-electron chi connectivity index (χ4n) is 7.90. The fourth-order valence-corrected chi connectivity index (χ4v) is 7.90. The summed E-state index contributed by atoms with van der Waals surface area (Å²) in [5.74, 6) is -0.628. The number of unbranched alkanes of at least 4 members (excludes halogenated alkanes) is 27. The van der Waals surface area contributed by atoms with Crippen LogP contribution in [0.1, 0.15) is 219 Å². The Morgan fingerprint density at radius 3 is 1.43 bits per heavy atom. The summed E-state index contributed by atoms with van der Waals surface area (Å²) in [6.07, 6.45) is 40.9. The monoisotopic (exact) mass is 866 g/mol. The Kier molecular flexibility index (Phi) is 38.7. The molecule has 7 N–H and O–H groups in total. The van der Waals surface area contributed by atoms with Crippen LogP contribution in [0.3, 0.4) is 0 Å². The van der Waals surface area contributed by atoms with Crippen LogP contribution < -0.4 is 5.32 Å². The number of hydrogen-bond donors (Lipinski definition) is 7. The van der Waals surface area contributed by atoms with E-state index in [-0.39, 0.29) is 6.61 Å². The normalized spacial score (nSPS) is 21.2. The maximum atomic E-state index is 13.1. The third kappa shape index (κ3) is 31.0. The van der Waals surface area contributed by atoms with Crippen molar-refractivity contribution in [2.24, 2.45) is 0 Å². The van der Waals surface area contributed by atoms with E-state index in [0.29, 0.717) is 19.3 Å². The van der Waals surface area contributed by atoms with Gasteiger partial charge in [-0.1, -0.05) is 211 Å². The molecule has 1 heterocycles. The van der Waals surface area contributed by atoms with Crippen LogP contribution >= 0.6 is 0 Å². The summed E-state index contributed by atoms with van der Waals surface area (Å²) in [7, 11) is 0. The summed E-state index contributed by atoms with van der Waals surface area (Å²) in [5, 5.41) is 64.8. The molecular formula is C51H95NO9. The molecule has 1 rings (SSSR count). The van der Waals surface area contributed by atoms with Crippen molar-refractivity contribution in [1.82, 2.24) is 5.32 Å². The molecule has 1 fully saturated rings. The Morgan fingerprint density at radius 1 is 0.557 bits per heavy atom. The van der Waals surface area contributed by atoms with E-state index in [1.807, 2.05) is 6.08 Å². The van der Waals surface area contributed by atoms with Crippen LogP contribution in [0.4, 0.5) is 0 Å². The van der Waals surface area contributed by atoms with Gasteiger partial charge in [0, 0.05) is 0 Å². The third-order valence-electron chi connectivity index (χ3n) is 12.1. The number of aliphatic hydroxyl groups excluding tert-OH is 6. The molecule has 0 bridgehead atoms. The number of hydrogen-bond acceptors (Lipinski definition) is 9. The highest BCUT2D eigenvalue weighted by Gasteiger charge is 2.44. The number of carbonyl (C=O) groups excluding carboxylic acids is 1. The minimum absolute atomic E-state index is 0.304. The lowest BCUT2D eigenvalue weighted by Crippen LogP contribution is -2.60. The van der Waals surface area contributed by atoms with E-state index in [2.05, 4.69) is 43.5 Å². The number of aliphatic hydroxyl groups is 6. The van der Waals surface area contributed by atoms with Crippen LogP contribution in [-0.4, -0.2) is 98.7 Å². The zero-order chi connectivity index (χ0) is 44.6. The molecule has 10 heteroatoms. The van der Waals surface area contributed by atoms with Gasteiger partial charge < -0.3 is 45.4 Å². The molecule has 8 unspecified atom stereocenters. The molecule has 61 heavy (non-hydrogen) atoms. The first kappa shape index (κ1) is 57.4. The van der Waals surface area contributed by atoms with Crippen LogP contribution in [0.15, 0.2) is 36.5 Å². The standard InChI is InChI=1S/C51H95NO9/c1-3-5-7-9-11-13-15-17-19-21-22-23-24-26-28-30-32-34-36-38-40-45(55)50(59)52-43(42-60-51-49(58)48(57)47(56)46(41-53)61-51)44(54)39-37-35-33-31-29-27-25-20-18-16-14-12-10-8-6-4-2/h18,20,29,31,37,39,43-49,51,53-58H,3-17,19,21-28,30,32-36,38,40-42H2,1-2H3,(H,52,59)/b20-18+,31-29+,39-37+. The summed E-state index contributed by atoms with van der Waals surface area (Å²) in [4.78, 5) is 13.1. The van der Waals surface area contributed by atoms with E-state index in [1.165, 1.54) is 141 Å². The Morgan fingerprint density at radius 2 is 0.967 bits per heavy atom. The van der Waals surface area contributed by atoms with Crippen molar-refractivity contribution in [2.75, 3.05) is 13.2 Å². The van der Waals surface area contributed by atoms with Gasteiger partial charge in [0.15, 0.2) is 6.29 Å². The van der Waals surface area contributed by atoms with Crippen molar-refractivity contribution in [1.29, 1.82) is 0 Å². The van der Waals surface area contributed by atoms with Gasteiger partial charge in [-0.25, -0.2) is 0 Å². The largest absolute Gasteiger partial charge is 0.394 e. The Bertz CT molecular complexity index is 1070. The van der Waals surface area contributed by atoms with Crippen LogP contribution in [0.2, 0.25) is 0 Å². The first-order valence-corrected chi connectivity index (χ1v) is 25.3. The smallest absolute Gasteiger partial charge is 0.249 e. The molecule has 358 valence electrons. The quantitative estimate of drug-likeness (QED) is 0.0233. The third-order valence-corrected chi connectivity index (χ3v) is 12.1. The highest BCUT2D eigenvalue weighted by atomic mass is 16.7. The molecule has 0 aromatic carbocycles. The number of rotatable bonds is 42. The molecule has 0 aliphatic carbocycles. The van der Waals surface area contributed by atoms with Crippen molar-refractivity contribution >= 4 is 5.91 Å². The lowest BCUT2D eigenvalue weighted by atomic mass is 9.99. The second-order valence-corrected chi connectivity index (χ2v) is 17.7. The minimum Gasteiger partial charge on any atom is -0.394 e. The number of allylic oxidation sites excluding steroid dienone is 5. The second-order valence-electron chi connectivity index (χ2n) is 17.7. The first-order valence-electron chi connectivity index (χ1n) is 25.3. The van der Waals surface area contributed by atoms with Gasteiger partial charge in [0.2, 0.25) is 5.91 Å². The van der Waals surface area contributed by atoms with Crippen molar-refractivity contribution in [3.8, 4) is 0 Å². The van der Waals surface area contributed by atoms with Gasteiger partial charge in [-0.15, -0.1) is 0 Å². The number of ether oxygens (including phenoxy) is 2. The average Bonchev–Trinajstić information content (AvgIpc) is 3.26. The average molecular weight is 866 g/mol. The van der Waals surface area contributed by atoms with Gasteiger partial charge in [-0.05, 0) is 44.9 Å². The molecule has 0 spiro atoms. The summed E-state index contributed by atoms with van der Waals surface area (Å²) in [5.41, 5.74) is 0. The van der Waals surface area contributed by atoms with Gasteiger partial charge in [0.1, 0.15) is 30.5 Å². The van der Waals surface area contributed by atoms with Gasteiger partial charge in [0.25, 0.3) is 0 Å². The van der Waals surface area contributed by atoms with Gasteiger partial charge in [-0.3, -0.25) is 4.79 Å². The predicted molar refractivity (Wildman–Crippen MR) is 250 cm³/mol. The number of amides is 1. The fraction of sp³-hybridized carbons (Fsp3) is 0.863. The molecule has 1 saturated heterocycles. The van der Waals surface area contributed by atoms with Gasteiger partial charge in [-0.2, -0.15) is 0 Å². The van der Waals surface area contributed by atoms with Crippen molar-refractivity contribution in [2.45, 2.75) is 268 Å². The van der Waals surface area contributed by atoms with Crippen molar-refractivity contribution in [3.63, 3.8) is 0 Å². The van der Waals surface area contributed by atoms with Gasteiger partial charge in [0.05, 0.1) is 25.4 Å². The molecule has 0 aromatic rings. The summed E-state index contributed by atoms with van der Waals surface area (Å²) >= 11 is 0. The highest BCUT2D eigenvalue weighted by molar-refractivity contribution is 5.80. The van der Waals surface area contributed by atoms with E-state index >= 15 is 0 Å². The summed E-state index contributed by atoms with van der Waals surface area (Å²) < 4.78 is 11.1. The lowest BCUT2D eigenvalue weighted by molar-refractivity contribution is -0.302. The minimum atomic E-state index is -1.62. The van der Waals surface area contributed by atoms with Crippen molar-refractivity contribution in [3.05, 3.63) is 36.5 Å². The molecule has 0 aromatic heterocycles. The zero-order valence-electron chi connectivity index (χ0n) is 39.0. The second kappa shape index (κ2) is 41.1. The predicted octanol–water partition coefficient (Wildman–Crippen LogP) is 10.2. The van der Waals surface area contributed by atoms with E-state index < -0.39 is 61.5 Å². The maximum Gasteiger partial charge on any atom is 0.249 e. The molecular weight excluding hydrogens is 771 g/mol. The maximum absolute atomic E-state index is 13.1. The van der Waals surface area contributed by atoms with Crippen LogP contribution in [0.5, 0.6) is 0 Å². The Balaban J connectivity index is 2.37. The van der Waals surface area contributed by atoms with E-state index in [0.717, 1.165) is 44.9 Å².